The van der Waals surface area contributed by atoms with Gasteiger partial charge in [0.25, 0.3) is 0 Å². The Morgan fingerprint density at radius 1 is 1.28 bits per heavy atom. The molecule has 18 heavy (non-hydrogen) atoms. The normalized spacial score (nSPS) is 25.3. The predicted octanol–water partition coefficient (Wildman–Crippen LogP) is 3.32. The van der Waals surface area contributed by atoms with E-state index in [1.807, 2.05) is 36.1 Å². The maximum absolute atomic E-state index is 12.3. The molecule has 2 atom stereocenters. The summed E-state index contributed by atoms with van der Waals surface area (Å²) in [5, 5.41) is 2.99. The van der Waals surface area contributed by atoms with Crippen LogP contribution in [0.3, 0.4) is 0 Å². The van der Waals surface area contributed by atoms with Crippen LogP contribution in [0.5, 0.6) is 0 Å². The number of rotatable bonds is 1. The van der Waals surface area contributed by atoms with Crippen molar-refractivity contribution in [3.63, 3.8) is 0 Å². The van der Waals surface area contributed by atoms with Crippen LogP contribution >= 0.6 is 0 Å². The van der Waals surface area contributed by atoms with Crippen LogP contribution in [0.4, 0.5) is 10.5 Å². The number of benzene rings is 1. The van der Waals surface area contributed by atoms with Gasteiger partial charge in [-0.15, -0.1) is 0 Å². The van der Waals surface area contributed by atoms with Gasteiger partial charge in [0.15, 0.2) is 0 Å². The summed E-state index contributed by atoms with van der Waals surface area (Å²) >= 11 is 0. The number of carbonyl (C=O) groups is 1. The van der Waals surface area contributed by atoms with Crippen molar-refractivity contribution in [1.82, 2.24) is 4.90 Å². The third-order valence-electron chi connectivity index (χ3n) is 3.85. The van der Waals surface area contributed by atoms with Crippen molar-refractivity contribution in [1.29, 1.82) is 0 Å². The Morgan fingerprint density at radius 3 is 2.78 bits per heavy atom. The van der Waals surface area contributed by atoms with Crippen molar-refractivity contribution in [3.8, 4) is 0 Å². The summed E-state index contributed by atoms with van der Waals surface area (Å²) in [4.78, 5) is 14.3. The molecule has 1 saturated heterocycles. The first kappa shape index (κ1) is 11.3. The van der Waals surface area contributed by atoms with E-state index in [0.717, 1.165) is 24.9 Å². The van der Waals surface area contributed by atoms with Crippen LogP contribution in [-0.2, 0) is 0 Å². The highest BCUT2D eigenvalue weighted by Crippen LogP contribution is 2.31. The molecule has 0 spiro atoms. The van der Waals surface area contributed by atoms with Crippen molar-refractivity contribution < 1.29 is 4.79 Å². The summed E-state index contributed by atoms with van der Waals surface area (Å²) < 4.78 is 0. The van der Waals surface area contributed by atoms with Crippen molar-refractivity contribution in [3.05, 3.63) is 42.0 Å². The molecule has 3 nitrogen and oxygen atoms in total. The molecule has 1 fully saturated rings. The second kappa shape index (κ2) is 4.48. The standard InChI is InChI=1S/C15H18N2O/c1-11-5-7-12(8-6-11)16-15(18)17-13-3-2-4-14(17)10-9-13/h2-3,5-8,13-14H,4,9-10H2,1H3,(H,16,18). The number of nitrogens with one attached hydrogen (secondary N) is 1. The van der Waals surface area contributed by atoms with E-state index in [4.69, 9.17) is 0 Å². The van der Waals surface area contributed by atoms with Crippen LogP contribution in [0.15, 0.2) is 36.4 Å². The number of fused-ring (bicyclic) bond motifs is 2. The first-order valence-corrected chi connectivity index (χ1v) is 6.57. The van der Waals surface area contributed by atoms with Gasteiger partial charge in [-0.1, -0.05) is 29.8 Å². The summed E-state index contributed by atoms with van der Waals surface area (Å²) in [6, 6.07) is 8.67. The Bertz CT molecular complexity index is 478. The average Bonchev–Trinajstić information content (AvgIpc) is 2.62. The number of nitrogens with zero attached hydrogens (tertiary/aromatic N) is 1. The molecule has 3 rings (SSSR count). The SMILES string of the molecule is Cc1ccc(NC(=O)N2C3C=CCC2CC3)cc1. The quantitative estimate of drug-likeness (QED) is 0.753. The Kier molecular flexibility index (Phi) is 2.82. The lowest BCUT2D eigenvalue weighted by atomic mass is 10.1. The molecule has 1 aromatic carbocycles. The lowest BCUT2D eigenvalue weighted by Crippen LogP contribution is -2.44. The first-order valence-electron chi connectivity index (χ1n) is 6.57. The number of aryl methyl sites for hydroxylation is 1. The molecule has 0 radical (unpaired) electrons. The van der Waals surface area contributed by atoms with E-state index in [9.17, 15) is 4.79 Å². The number of urea groups is 1. The van der Waals surface area contributed by atoms with Crippen molar-refractivity contribution >= 4 is 11.7 Å². The smallest absolute Gasteiger partial charge is 0.315 e. The molecular formula is C15H18N2O. The fourth-order valence-electron chi connectivity index (χ4n) is 2.87. The van der Waals surface area contributed by atoms with Gasteiger partial charge in [0, 0.05) is 11.7 Å². The number of anilines is 1. The maximum Gasteiger partial charge on any atom is 0.322 e. The zero-order chi connectivity index (χ0) is 12.5. The van der Waals surface area contributed by atoms with Gasteiger partial charge in [-0.25, -0.2) is 4.79 Å². The van der Waals surface area contributed by atoms with E-state index < -0.39 is 0 Å². The highest BCUT2D eigenvalue weighted by molar-refractivity contribution is 5.90. The summed E-state index contributed by atoms with van der Waals surface area (Å²) in [6.45, 7) is 2.04. The number of hydrogen-bond acceptors (Lipinski definition) is 1. The Labute approximate surface area is 107 Å². The molecule has 2 amide bonds. The van der Waals surface area contributed by atoms with E-state index in [-0.39, 0.29) is 6.03 Å². The zero-order valence-corrected chi connectivity index (χ0v) is 10.6. The molecule has 2 unspecified atom stereocenters. The number of amides is 2. The fourth-order valence-corrected chi connectivity index (χ4v) is 2.87. The molecule has 2 bridgehead atoms. The molecule has 1 N–H and O–H groups in total. The van der Waals surface area contributed by atoms with E-state index in [0.29, 0.717) is 12.1 Å². The minimum absolute atomic E-state index is 0.0377. The van der Waals surface area contributed by atoms with Gasteiger partial charge in [-0.05, 0) is 38.3 Å². The van der Waals surface area contributed by atoms with Crippen LogP contribution < -0.4 is 5.32 Å². The van der Waals surface area contributed by atoms with Gasteiger partial charge in [-0.2, -0.15) is 0 Å². The van der Waals surface area contributed by atoms with Crippen LogP contribution in [-0.4, -0.2) is 23.0 Å². The van der Waals surface area contributed by atoms with E-state index in [2.05, 4.69) is 17.5 Å². The van der Waals surface area contributed by atoms with Gasteiger partial charge in [0.2, 0.25) is 0 Å². The molecule has 2 aliphatic rings. The number of hydrogen-bond donors (Lipinski definition) is 1. The molecule has 0 saturated carbocycles. The van der Waals surface area contributed by atoms with Gasteiger partial charge in [0.05, 0.1) is 6.04 Å². The van der Waals surface area contributed by atoms with Gasteiger partial charge < -0.3 is 10.2 Å². The maximum atomic E-state index is 12.3. The molecule has 2 heterocycles. The fraction of sp³-hybridized carbons (Fsp3) is 0.400. The first-order chi connectivity index (χ1) is 8.74. The van der Waals surface area contributed by atoms with Crippen molar-refractivity contribution in [2.45, 2.75) is 38.3 Å². The summed E-state index contributed by atoms with van der Waals surface area (Å²) in [5.74, 6) is 0. The Hall–Kier alpha value is -1.77. The minimum Gasteiger partial charge on any atom is -0.315 e. The van der Waals surface area contributed by atoms with Gasteiger partial charge in [-0.3, -0.25) is 0 Å². The van der Waals surface area contributed by atoms with Crippen molar-refractivity contribution in [2.24, 2.45) is 0 Å². The third kappa shape index (κ3) is 2.01. The van der Waals surface area contributed by atoms with Crippen molar-refractivity contribution in [2.75, 3.05) is 5.32 Å². The summed E-state index contributed by atoms with van der Waals surface area (Å²) in [7, 11) is 0. The third-order valence-corrected chi connectivity index (χ3v) is 3.85. The summed E-state index contributed by atoms with van der Waals surface area (Å²) in [5.41, 5.74) is 2.08. The lowest BCUT2D eigenvalue weighted by Gasteiger charge is -2.31. The zero-order valence-electron chi connectivity index (χ0n) is 10.6. The van der Waals surface area contributed by atoms with E-state index in [1.165, 1.54) is 5.56 Å². The topological polar surface area (TPSA) is 32.3 Å². The molecule has 0 aromatic heterocycles. The van der Waals surface area contributed by atoms with Crippen LogP contribution in [0.2, 0.25) is 0 Å². The monoisotopic (exact) mass is 242 g/mol. The lowest BCUT2D eigenvalue weighted by molar-refractivity contribution is 0.192. The Morgan fingerprint density at radius 2 is 2.06 bits per heavy atom. The largest absolute Gasteiger partial charge is 0.322 e. The molecule has 94 valence electrons. The minimum atomic E-state index is 0.0377. The average molecular weight is 242 g/mol. The second-order valence-corrected chi connectivity index (χ2v) is 5.17. The summed E-state index contributed by atoms with van der Waals surface area (Å²) in [6.07, 6.45) is 7.59. The molecule has 3 heteroatoms. The predicted molar refractivity (Wildman–Crippen MR) is 72.6 cm³/mol. The van der Waals surface area contributed by atoms with Crippen LogP contribution in [0, 0.1) is 6.92 Å². The van der Waals surface area contributed by atoms with Gasteiger partial charge >= 0.3 is 6.03 Å². The van der Waals surface area contributed by atoms with Crippen LogP contribution in [0.25, 0.3) is 0 Å². The highest BCUT2D eigenvalue weighted by Gasteiger charge is 2.36. The van der Waals surface area contributed by atoms with E-state index in [1.54, 1.807) is 0 Å². The highest BCUT2D eigenvalue weighted by atomic mass is 16.2. The number of carbonyl (C=O) groups excluding carboxylic acids is 1. The molecular weight excluding hydrogens is 224 g/mol. The molecule has 1 aromatic rings. The van der Waals surface area contributed by atoms with Gasteiger partial charge in [0.1, 0.15) is 0 Å². The van der Waals surface area contributed by atoms with E-state index >= 15 is 0 Å². The molecule has 0 aliphatic carbocycles. The molecule has 2 aliphatic heterocycles. The second-order valence-electron chi connectivity index (χ2n) is 5.17. The van der Waals surface area contributed by atoms with Crippen LogP contribution in [0.1, 0.15) is 24.8 Å². The Balaban J connectivity index is 1.72.